The van der Waals surface area contributed by atoms with E-state index < -0.39 is 78.5 Å². The van der Waals surface area contributed by atoms with Gasteiger partial charge in [0.1, 0.15) is 54.5 Å². The maximum absolute atomic E-state index is 14.3. The molecule has 5 N–H and O–H groups in total. The molecule has 2 aromatic heterocycles. The summed E-state index contributed by atoms with van der Waals surface area (Å²) in [5, 5.41) is 47.7. The lowest BCUT2D eigenvalue weighted by Crippen LogP contribution is -2.66. The minimum Gasteiger partial charge on any atom is -0.459 e. The molecule has 0 radical (unpaired) electrons. The number of hydrogen-bond donors (Lipinski definition) is 5. The van der Waals surface area contributed by atoms with Crippen molar-refractivity contribution >= 4 is 55.0 Å². The van der Waals surface area contributed by atoms with Gasteiger partial charge in [0.25, 0.3) is 0 Å². The first-order valence-electron chi connectivity index (χ1n) is 29.1. The maximum atomic E-state index is 14.3. The minimum atomic E-state index is -1.10. The van der Waals surface area contributed by atoms with Gasteiger partial charge in [-0.3, -0.25) is 19.0 Å². The van der Waals surface area contributed by atoms with Crippen LogP contribution in [0.15, 0.2) is 122 Å². The van der Waals surface area contributed by atoms with Crippen LogP contribution in [0.3, 0.4) is 0 Å². The van der Waals surface area contributed by atoms with E-state index in [2.05, 4.69) is 36.6 Å². The summed E-state index contributed by atoms with van der Waals surface area (Å²) in [4.78, 5) is 70.2. The molecule has 4 unspecified atom stereocenters. The number of hydrogen-bond acceptors (Lipinski definition) is 16. The molecule has 4 fully saturated rings. The second kappa shape index (κ2) is 24.5. The van der Waals surface area contributed by atoms with E-state index in [-0.39, 0.29) is 69.7 Å². The fraction of sp³-hybridized carbons (Fsp3) is 0.459. The van der Waals surface area contributed by atoms with Gasteiger partial charge in [0, 0.05) is 31.5 Å². The second-order valence-corrected chi connectivity index (χ2v) is 24.7. The average molecular weight is 1140 g/mol. The number of nitrogens with zero attached hydrogens (tertiary/aromatic N) is 6. The van der Waals surface area contributed by atoms with E-state index in [0.29, 0.717) is 54.4 Å². The van der Waals surface area contributed by atoms with Crippen LogP contribution in [-0.4, -0.2) is 107 Å². The monoisotopic (exact) mass is 1140 g/mol. The predicted molar refractivity (Wildman–Crippen MR) is 306 cm³/mol. The molecule has 6 aromatic rings. The van der Waals surface area contributed by atoms with E-state index in [1.807, 2.05) is 118 Å². The van der Waals surface area contributed by atoms with Gasteiger partial charge in [-0.25, -0.2) is 14.4 Å². The van der Waals surface area contributed by atoms with Crippen molar-refractivity contribution in [2.45, 2.75) is 160 Å². The number of alkyl carbamates (subject to hydrolysis) is 1. The number of ether oxygens (including phenoxy) is 3. The van der Waals surface area contributed by atoms with Crippen molar-refractivity contribution in [2.24, 2.45) is 16.7 Å². The second-order valence-electron chi connectivity index (χ2n) is 24.7. The van der Waals surface area contributed by atoms with Crippen LogP contribution in [-0.2, 0) is 69.0 Å². The Bertz CT molecular complexity index is 3150. The highest BCUT2D eigenvalue weighted by molar-refractivity contribution is 6.62. The molecular formula is C61H71B2N9O12. The molecule has 12 rings (SSSR count). The number of aromatic nitrogens is 6. The van der Waals surface area contributed by atoms with Crippen LogP contribution < -0.4 is 26.9 Å². The van der Waals surface area contributed by atoms with E-state index in [0.717, 1.165) is 41.5 Å². The van der Waals surface area contributed by atoms with Crippen LogP contribution in [0.2, 0.25) is 0 Å². The summed E-state index contributed by atoms with van der Waals surface area (Å²) in [5.41, 5.74) is 3.23. The molecular weight excluding hydrogens is 1070 g/mol. The summed E-state index contributed by atoms with van der Waals surface area (Å²) in [5.74, 6) is -1.68. The Balaban J connectivity index is 0.768. The van der Waals surface area contributed by atoms with E-state index in [4.69, 9.17) is 23.5 Å². The highest BCUT2D eigenvalue weighted by atomic mass is 16.6. The van der Waals surface area contributed by atoms with Crippen LogP contribution in [0.1, 0.15) is 144 Å². The Morgan fingerprint density at radius 2 is 1.07 bits per heavy atom. The Morgan fingerprint density at radius 3 is 1.52 bits per heavy atom. The van der Waals surface area contributed by atoms with E-state index >= 15 is 0 Å². The lowest BCUT2D eigenvalue weighted by molar-refractivity contribution is -0.151. The van der Waals surface area contributed by atoms with Gasteiger partial charge in [0.15, 0.2) is 0 Å². The third-order valence-corrected chi connectivity index (χ3v) is 17.1. The van der Waals surface area contributed by atoms with Crippen molar-refractivity contribution in [2.75, 3.05) is 0 Å². The van der Waals surface area contributed by atoms with Gasteiger partial charge in [-0.05, 0) is 135 Å². The third-order valence-electron chi connectivity index (χ3n) is 17.1. The number of rotatable bonds is 23. The molecule has 4 saturated carbocycles. The number of benzene rings is 4. The first kappa shape index (κ1) is 58.1. The Kier molecular flexibility index (Phi) is 16.9. The van der Waals surface area contributed by atoms with Crippen molar-refractivity contribution < 1.29 is 57.5 Å². The van der Waals surface area contributed by atoms with E-state index in [1.54, 1.807) is 33.9 Å². The lowest BCUT2D eigenvalue weighted by Gasteiger charge is -2.67. The Morgan fingerprint density at radius 1 is 0.631 bits per heavy atom. The van der Waals surface area contributed by atoms with Gasteiger partial charge in [-0.1, -0.05) is 120 Å². The largest absolute Gasteiger partial charge is 0.492 e. The first-order valence-corrected chi connectivity index (χ1v) is 29.1. The van der Waals surface area contributed by atoms with Crippen LogP contribution in [0, 0.1) is 16.7 Å². The zero-order valence-electron chi connectivity index (χ0n) is 47.6. The Hall–Kier alpha value is -7.72. The van der Waals surface area contributed by atoms with Crippen LogP contribution in [0.25, 0.3) is 0 Å². The van der Waals surface area contributed by atoms with Crippen molar-refractivity contribution in [1.29, 1.82) is 0 Å². The molecule has 8 atom stereocenters. The number of aryl methyl sites for hydroxylation is 2. The van der Waals surface area contributed by atoms with Gasteiger partial charge in [0.2, 0.25) is 11.8 Å². The van der Waals surface area contributed by atoms with Gasteiger partial charge in [-0.15, -0.1) is 10.2 Å². The summed E-state index contributed by atoms with van der Waals surface area (Å²) < 4.78 is 32.3. The number of esters is 2. The maximum Gasteiger partial charge on any atom is 0.492 e. The molecule has 21 nitrogen and oxygen atoms in total. The standard InChI is InChI=1S/C61H71B2N9O12/c1-58(2,3)82-57(77)66-61-32-42-30-59(38-61,26-22-51(73)64-47(55(75)80-35-40-14-6-4-7-15-40)24-28-71-33-49(67-69-71)53-43-18-10-12-20-45(43)62(78)83-53)37-60(31-42,39-61)27-23-52(74)65-48(56(76)81-36-41-16-8-5-9-17-41)25-29-72-34-50(68-70-72)54-44-19-11-13-21-46(44)63(79)84-54/h4-21,33-34,42,47-48,53-54,78-79H,22-32,35-39H2,1-3H3,(H,64,73)(H,65,74)(H,66,77)/t42?,47-,48-,53?,54?,59-,60+,61?/m0/s1. The molecule has 4 aromatic carbocycles. The molecule has 4 heterocycles. The lowest BCUT2D eigenvalue weighted by atomic mass is 9.40. The molecule has 438 valence electrons. The fourth-order valence-corrected chi connectivity index (χ4v) is 14.1. The highest BCUT2D eigenvalue weighted by Crippen LogP contribution is 2.69. The number of fused-ring (bicyclic) bond motifs is 2. The average Bonchev–Trinajstić information content (AvgIpc) is 1.20. The molecule has 2 aliphatic heterocycles. The van der Waals surface area contributed by atoms with Crippen molar-refractivity contribution in [1.82, 2.24) is 45.9 Å². The summed E-state index contributed by atoms with van der Waals surface area (Å²) in [6.07, 6.45) is 7.34. The van der Waals surface area contributed by atoms with E-state index in [1.165, 1.54) is 0 Å². The zero-order chi connectivity index (χ0) is 58.6. The smallest absolute Gasteiger partial charge is 0.459 e. The third kappa shape index (κ3) is 13.6. The zero-order valence-corrected chi connectivity index (χ0v) is 47.6. The predicted octanol–water partition coefficient (Wildman–Crippen LogP) is 5.21. The fourth-order valence-electron chi connectivity index (χ4n) is 14.1. The quantitative estimate of drug-likeness (QED) is 0.0313. The SMILES string of the molecule is CC(C)(C)OC(=O)NC12CC3C[C@@](CCC(=O)N[C@@H](CCn4cc(C5OB(O)c6ccccc65)nn4)C(=O)OCc4ccccc4)(C1)C[C@](CCC(=O)N[C@@H](CCn1cc(C4OB(O)c5ccccc54)nn1)C(=O)OCc1ccccc1)(C3)C2. The molecule has 0 saturated heterocycles. The Labute approximate surface area is 488 Å². The van der Waals surface area contributed by atoms with Crippen LogP contribution in [0.4, 0.5) is 4.79 Å². The van der Waals surface area contributed by atoms with E-state index in [9.17, 15) is 34.0 Å². The molecule has 4 aliphatic carbocycles. The first-order chi connectivity index (χ1) is 40.4. The van der Waals surface area contributed by atoms with Gasteiger partial charge >= 0.3 is 32.3 Å². The van der Waals surface area contributed by atoms with Crippen molar-refractivity contribution in [3.05, 3.63) is 155 Å². The van der Waals surface area contributed by atoms with Crippen molar-refractivity contribution in [3.8, 4) is 0 Å². The summed E-state index contributed by atoms with van der Waals surface area (Å²) >= 11 is 0. The number of amides is 3. The summed E-state index contributed by atoms with van der Waals surface area (Å²) in [7, 11) is -2.20. The topological polar surface area (TPSA) is 269 Å². The summed E-state index contributed by atoms with van der Waals surface area (Å²) in [6.45, 7) is 5.89. The minimum absolute atomic E-state index is 0.0140. The molecule has 3 amide bonds. The number of carbonyl (C=O) groups is 5. The molecule has 23 heteroatoms. The molecule has 0 spiro atoms. The highest BCUT2D eigenvalue weighted by Gasteiger charge is 2.63. The van der Waals surface area contributed by atoms with Gasteiger partial charge in [-0.2, -0.15) is 0 Å². The van der Waals surface area contributed by atoms with Crippen LogP contribution >= 0.6 is 0 Å². The molecule has 84 heavy (non-hydrogen) atoms. The number of nitrogens with one attached hydrogen (secondary N) is 3. The molecule has 4 bridgehead atoms. The summed E-state index contributed by atoms with van der Waals surface area (Å²) in [6, 6.07) is 31.2. The number of carbonyl (C=O) groups excluding carboxylic acids is 5. The van der Waals surface area contributed by atoms with Gasteiger partial charge in [0.05, 0.1) is 12.4 Å². The van der Waals surface area contributed by atoms with Crippen molar-refractivity contribution in [3.63, 3.8) is 0 Å². The van der Waals surface area contributed by atoms with Gasteiger partial charge < -0.3 is 49.5 Å². The normalized spacial score (nSPS) is 23.5. The van der Waals surface area contributed by atoms with Crippen LogP contribution in [0.5, 0.6) is 0 Å². The molecule has 6 aliphatic rings.